The van der Waals surface area contributed by atoms with E-state index in [0.717, 1.165) is 0 Å². The SMILES string of the molecule is O=C(NCCO)c1cc2c(-c3ccccc3F)nccnc2c2cnnc12. The van der Waals surface area contributed by atoms with E-state index in [1.807, 2.05) is 0 Å². The average Bonchev–Trinajstić information content (AvgIpc) is 3.07. The minimum atomic E-state index is -0.428. The first-order valence-electron chi connectivity index (χ1n) is 8.24. The Kier molecular flexibility index (Phi) is 4.39. The molecular weight excluding hydrogens is 349 g/mol. The highest BCUT2D eigenvalue weighted by molar-refractivity contribution is 6.16. The Hall–Kier alpha value is -3.52. The molecular formula is C19H14FN5O2. The maximum absolute atomic E-state index is 14.4. The third-order valence-corrected chi connectivity index (χ3v) is 4.15. The van der Waals surface area contributed by atoms with Gasteiger partial charge in [0.05, 0.1) is 29.6 Å². The molecule has 7 nitrogen and oxygen atoms in total. The predicted molar refractivity (Wildman–Crippen MR) is 97.4 cm³/mol. The number of nitrogens with zero attached hydrogens (tertiary/aromatic N) is 4. The van der Waals surface area contributed by atoms with E-state index in [9.17, 15) is 9.18 Å². The Labute approximate surface area is 152 Å². The molecule has 4 aromatic rings. The van der Waals surface area contributed by atoms with Crippen molar-refractivity contribution in [3.8, 4) is 11.3 Å². The van der Waals surface area contributed by atoms with Gasteiger partial charge in [-0.2, -0.15) is 5.10 Å². The lowest BCUT2D eigenvalue weighted by molar-refractivity contribution is 0.0946. The number of rotatable bonds is 4. The molecule has 27 heavy (non-hydrogen) atoms. The van der Waals surface area contributed by atoms with Crippen molar-refractivity contribution >= 4 is 27.7 Å². The summed E-state index contributed by atoms with van der Waals surface area (Å²) in [7, 11) is 0. The lowest BCUT2D eigenvalue weighted by atomic mass is 10.0. The molecule has 2 heterocycles. The van der Waals surface area contributed by atoms with Gasteiger partial charge in [-0.05, 0) is 18.2 Å². The van der Waals surface area contributed by atoms with Crippen LogP contribution in [0.4, 0.5) is 4.39 Å². The molecule has 8 heteroatoms. The van der Waals surface area contributed by atoms with Crippen molar-refractivity contribution < 1.29 is 14.3 Å². The molecule has 2 aromatic heterocycles. The summed E-state index contributed by atoms with van der Waals surface area (Å²) >= 11 is 0. The molecule has 0 radical (unpaired) electrons. The molecule has 134 valence electrons. The Morgan fingerprint density at radius 3 is 2.74 bits per heavy atom. The molecule has 0 unspecified atom stereocenters. The van der Waals surface area contributed by atoms with E-state index in [2.05, 4.69) is 25.5 Å². The molecule has 2 N–H and O–H groups in total. The van der Waals surface area contributed by atoms with Crippen LogP contribution in [-0.4, -0.2) is 44.3 Å². The summed E-state index contributed by atoms with van der Waals surface area (Å²) in [6, 6.07) is 7.86. The van der Waals surface area contributed by atoms with Crippen molar-refractivity contribution in [3.05, 3.63) is 60.3 Å². The Bertz CT molecular complexity index is 1170. The maximum Gasteiger partial charge on any atom is 0.253 e. The summed E-state index contributed by atoms with van der Waals surface area (Å²) < 4.78 is 14.4. The number of carbonyl (C=O) groups excluding carboxylic acids is 1. The van der Waals surface area contributed by atoms with E-state index in [1.165, 1.54) is 24.7 Å². The molecule has 0 aliphatic carbocycles. The third kappa shape index (κ3) is 2.96. The molecule has 2 aromatic carbocycles. The van der Waals surface area contributed by atoms with Gasteiger partial charge in [-0.1, -0.05) is 12.1 Å². The first-order valence-corrected chi connectivity index (χ1v) is 8.24. The van der Waals surface area contributed by atoms with Crippen molar-refractivity contribution in [1.29, 1.82) is 0 Å². The minimum Gasteiger partial charge on any atom is -0.395 e. The normalized spacial score (nSPS) is 11.0. The largest absolute Gasteiger partial charge is 0.395 e. The highest BCUT2D eigenvalue weighted by Gasteiger charge is 2.19. The highest BCUT2D eigenvalue weighted by Crippen LogP contribution is 2.32. The summed E-state index contributed by atoms with van der Waals surface area (Å²) in [4.78, 5) is 21.3. The number of halogens is 1. The number of amides is 1. The molecule has 0 atom stereocenters. The van der Waals surface area contributed by atoms with Gasteiger partial charge < -0.3 is 10.4 Å². The van der Waals surface area contributed by atoms with Gasteiger partial charge in [0.15, 0.2) is 0 Å². The van der Waals surface area contributed by atoms with Crippen LogP contribution in [0.15, 0.2) is 48.9 Å². The highest BCUT2D eigenvalue weighted by atomic mass is 19.1. The zero-order valence-corrected chi connectivity index (χ0v) is 14.1. The van der Waals surface area contributed by atoms with Crippen LogP contribution in [0.1, 0.15) is 10.4 Å². The Morgan fingerprint density at radius 1 is 1.11 bits per heavy atom. The first kappa shape index (κ1) is 16.9. The monoisotopic (exact) mass is 363 g/mol. The van der Waals surface area contributed by atoms with Crippen LogP contribution in [0, 0.1) is 5.82 Å². The van der Waals surface area contributed by atoms with Crippen molar-refractivity contribution in [2.45, 2.75) is 0 Å². The molecule has 0 aliphatic heterocycles. The zero-order valence-electron chi connectivity index (χ0n) is 14.1. The standard InChI is InChI=1S/C19H14FN5O2/c20-15-4-2-1-3-11(15)16-12-9-13(19(27)23-7-8-26)18-14(10-24-25-18)17(12)22-6-5-21-16/h1-6,9-10,26H,7-8H2,(H,23,27). The van der Waals surface area contributed by atoms with Gasteiger partial charge in [0.1, 0.15) is 11.3 Å². The van der Waals surface area contributed by atoms with Gasteiger partial charge in [0, 0.05) is 35.3 Å². The Morgan fingerprint density at radius 2 is 1.93 bits per heavy atom. The third-order valence-electron chi connectivity index (χ3n) is 4.15. The summed E-state index contributed by atoms with van der Waals surface area (Å²) in [5.41, 5.74) is 1.82. The summed E-state index contributed by atoms with van der Waals surface area (Å²) in [5, 5.41) is 20.6. The minimum absolute atomic E-state index is 0.103. The van der Waals surface area contributed by atoms with Gasteiger partial charge >= 0.3 is 0 Å². The van der Waals surface area contributed by atoms with Gasteiger partial charge in [0.25, 0.3) is 5.91 Å². The smallest absolute Gasteiger partial charge is 0.253 e. The fourth-order valence-corrected chi connectivity index (χ4v) is 2.97. The van der Waals surface area contributed by atoms with Crippen molar-refractivity contribution in [3.63, 3.8) is 0 Å². The van der Waals surface area contributed by atoms with Crippen LogP contribution in [0.5, 0.6) is 0 Å². The van der Waals surface area contributed by atoms with Crippen LogP contribution in [0.2, 0.25) is 0 Å². The quantitative estimate of drug-likeness (QED) is 0.576. The molecule has 4 rings (SSSR count). The maximum atomic E-state index is 14.4. The van der Waals surface area contributed by atoms with Gasteiger partial charge in [-0.3, -0.25) is 14.8 Å². The second-order valence-electron chi connectivity index (χ2n) is 5.79. The van der Waals surface area contributed by atoms with E-state index >= 15 is 0 Å². The van der Waals surface area contributed by atoms with Crippen molar-refractivity contribution in [1.82, 2.24) is 25.5 Å². The van der Waals surface area contributed by atoms with E-state index in [-0.39, 0.29) is 18.7 Å². The van der Waals surface area contributed by atoms with E-state index in [0.29, 0.717) is 33.1 Å². The number of aliphatic hydroxyl groups excluding tert-OH is 1. The van der Waals surface area contributed by atoms with Crippen LogP contribution < -0.4 is 5.32 Å². The average molecular weight is 363 g/mol. The topological polar surface area (TPSA) is 101 Å². The number of aromatic nitrogens is 4. The number of hydrogen-bond acceptors (Lipinski definition) is 6. The number of carbonyl (C=O) groups is 1. The molecule has 0 saturated heterocycles. The fourth-order valence-electron chi connectivity index (χ4n) is 2.97. The molecule has 0 bridgehead atoms. The van der Waals surface area contributed by atoms with Crippen LogP contribution in [0.25, 0.3) is 33.1 Å². The second kappa shape index (κ2) is 7.00. The zero-order chi connectivity index (χ0) is 18.8. The second-order valence-corrected chi connectivity index (χ2v) is 5.79. The fraction of sp³-hybridized carbons (Fsp3) is 0.105. The molecule has 0 aliphatic rings. The van der Waals surface area contributed by atoms with Gasteiger partial charge in [0.2, 0.25) is 0 Å². The molecule has 0 fully saturated rings. The van der Waals surface area contributed by atoms with Crippen molar-refractivity contribution in [2.24, 2.45) is 0 Å². The number of benzene rings is 2. The summed E-state index contributed by atoms with van der Waals surface area (Å²) in [5.74, 6) is -0.843. The van der Waals surface area contributed by atoms with Gasteiger partial charge in [-0.15, -0.1) is 5.10 Å². The molecule has 0 saturated carbocycles. The first-order chi connectivity index (χ1) is 13.2. The Balaban J connectivity index is 2.07. The van der Waals surface area contributed by atoms with E-state index in [4.69, 9.17) is 5.11 Å². The molecule has 1 amide bonds. The molecule has 0 spiro atoms. The van der Waals surface area contributed by atoms with Crippen molar-refractivity contribution in [2.75, 3.05) is 13.2 Å². The van der Waals surface area contributed by atoms with Crippen LogP contribution in [0.3, 0.4) is 0 Å². The van der Waals surface area contributed by atoms with Crippen LogP contribution >= 0.6 is 0 Å². The predicted octanol–water partition coefficient (Wildman–Crippen LogP) is 2.10. The van der Waals surface area contributed by atoms with E-state index < -0.39 is 11.7 Å². The number of aliphatic hydroxyl groups is 1. The van der Waals surface area contributed by atoms with E-state index in [1.54, 1.807) is 24.3 Å². The lowest BCUT2D eigenvalue weighted by Gasteiger charge is -2.08. The van der Waals surface area contributed by atoms with Gasteiger partial charge in [-0.25, -0.2) is 4.39 Å². The number of hydrogen-bond donors (Lipinski definition) is 2. The lowest BCUT2D eigenvalue weighted by Crippen LogP contribution is -2.26. The number of fused-ring (bicyclic) bond motifs is 3. The summed E-state index contributed by atoms with van der Waals surface area (Å²) in [6.45, 7) is -0.0839. The van der Waals surface area contributed by atoms with Crippen LogP contribution in [-0.2, 0) is 0 Å². The number of nitrogens with one attached hydrogen (secondary N) is 1. The summed E-state index contributed by atoms with van der Waals surface area (Å²) in [6.07, 6.45) is 4.49.